The Kier molecular flexibility index (Phi) is 4.29. The summed E-state index contributed by atoms with van der Waals surface area (Å²) in [5, 5.41) is 10.9. The van der Waals surface area contributed by atoms with E-state index in [0.717, 1.165) is 53.0 Å². The molecule has 0 atom stereocenters. The second kappa shape index (κ2) is 6.62. The minimum absolute atomic E-state index is 0.740. The summed E-state index contributed by atoms with van der Waals surface area (Å²) in [5.74, 6) is 0.810. The van der Waals surface area contributed by atoms with E-state index >= 15 is 0 Å². The number of benzene rings is 2. The van der Waals surface area contributed by atoms with E-state index in [1.54, 1.807) is 19.1 Å². The van der Waals surface area contributed by atoms with Crippen LogP contribution in [0.15, 0.2) is 36.4 Å². The Hall–Kier alpha value is -2.58. The maximum absolute atomic E-state index is 9.88. The lowest BCUT2D eigenvalue weighted by Crippen LogP contribution is -2.08. The van der Waals surface area contributed by atoms with Crippen LogP contribution in [0.2, 0.25) is 0 Å². The van der Waals surface area contributed by atoms with Crippen molar-refractivity contribution < 1.29 is 4.74 Å². The van der Waals surface area contributed by atoms with Gasteiger partial charge in [-0.3, -0.25) is 0 Å². The van der Waals surface area contributed by atoms with Gasteiger partial charge in [0.1, 0.15) is 11.8 Å². The molecular weight excluding hydrogens is 342 g/mol. The lowest BCUT2D eigenvalue weighted by Gasteiger charge is -2.15. The number of nitrogens with zero attached hydrogens (tertiary/aromatic N) is 3. The normalized spacial score (nSPS) is 13.1. The maximum atomic E-state index is 9.88. The molecule has 0 saturated carbocycles. The van der Waals surface area contributed by atoms with Crippen LogP contribution in [-0.2, 0) is 13.0 Å². The predicted octanol–water partition coefficient (Wildman–Crippen LogP) is 4.85. The molecule has 2 heterocycles. The number of fused-ring (bicyclic) bond motifs is 2. The first kappa shape index (κ1) is 16.9. The van der Waals surface area contributed by atoms with Gasteiger partial charge >= 0.3 is 0 Å². The van der Waals surface area contributed by atoms with Crippen molar-refractivity contribution in [3.63, 3.8) is 0 Å². The SMILES string of the molecule is CCn1c(-c2ccc3c(c2)CCN3SC)c(C#N)c2ccc(OC)cc21. The summed E-state index contributed by atoms with van der Waals surface area (Å²) in [4.78, 5) is 0. The van der Waals surface area contributed by atoms with Gasteiger partial charge in [0, 0.05) is 30.8 Å². The number of hydrogen-bond donors (Lipinski definition) is 0. The summed E-state index contributed by atoms with van der Waals surface area (Å²) in [6.07, 6.45) is 3.16. The summed E-state index contributed by atoms with van der Waals surface area (Å²) in [6, 6.07) is 15.0. The number of rotatable bonds is 4. The summed E-state index contributed by atoms with van der Waals surface area (Å²) < 4.78 is 9.94. The van der Waals surface area contributed by atoms with Crippen molar-refractivity contribution in [2.75, 3.05) is 24.2 Å². The van der Waals surface area contributed by atoms with Crippen LogP contribution in [0.5, 0.6) is 5.75 Å². The van der Waals surface area contributed by atoms with Gasteiger partial charge < -0.3 is 13.6 Å². The first-order chi connectivity index (χ1) is 12.7. The summed E-state index contributed by atoms with van der Waals surface area (Å²) in [6.45, 7) is 3.96. The molecule has 0 bridgehead atoms. The van der Waals surface area contributed by atoms with Crippen LogP contribution >= 0.6 is 11.9 Å². The molecule has 0 amide bonds. The van der Waals surface area contributed by atoms with E-state index in [2.05, 4.69) is 46.3 Å². The Labute approximate surface area is 158 Å². The fraction of sp³-hybridized carbons (Fsp3) is 0.286. The van der Waals surface area contributed by atoms with Crippen LogP contribution in [0.4, 0.5) is 5.69 Å². The Morgan fingerprint density at radius 3 is 2.77 bits per heavy atom. The molecule has 26 heavy (non-hydrogen) atoms. The molecule has 132 valence electrons. The molecule has 4 rings (SSSR count). The molecule has 2 aromatic carbocycles. The Balaban J connectivity index is 1.96. The van der Waals surface area contributed by atoms with Crippen molar-refractivity contribution in [2.45, 2.75) is 19.9 Å². The van der Waals surface area contributed by atoms with Gasteiger partial charge in [0.15, 0.2) is 0 Å². The molecule has 0 N–H and O–H groups in total. The molecule has 3 aromatic rings. The zero-order valence-corrected chi connectivity index (χ0v) is 16.1. The highest BCUT2D eigenvalue weighted by atomic mass is 32.2. The fourth-order valence-electron chi connectivity index (χ4n) is 3.91. The second-order valence-electron chi connectivity index (χ2n) is 6.34. The van der Waals surface area contributed by atoms with Crippen molar-refractivity contribution in [3.8, 4) is 23.1 Å². The molecule has 4 nitrogen and oxygen atoms in total. The van der Waals surface area contributed by atoms with Crippen LogP contribution in [0, 0.1) is 11.3 Å². The standard InChI is InChI=1S/C21H21N3OS/c1-4-23-20-12-16(25-2)6-7-17(20)18(13-22)21(23)15-5-8-19-14(11-15)9-10-24(19)26-3/h5-8,11-12H,4,9-10H2,1-3H3. The van der Waals surface area contributed by atoms with E-state index in [1.165, 1.54) is 11.3 Å². The third-order valence-corrected chi connectivity index (χ3v) is 5.95. The molecular formula is C21H21N3OS. The zero-order valence-electron chi connectivity index (χ0n) is 15.2. The smallest absolute Gasteiger partial charge is 0.120 e. The van der Waals surface area contributed by atoms with Crippen molar-refractivity contribution in [3.05, 3.63) is 47.5 Å². The number of aryl methyl sites for hydroxylation is 1. The summed E-state index contributed by atoms with van der Waals surface area (Å²) in [7, 11) is 1.67. The lowest BCUT2D eigenvalue weighted by atomic mass is 10.0. The third kappa shape index (κ3) is 2.45. The van der Waals surface area contributed by atoms with E-state index in [-0.39, 0.29) is 0 Å². The van der Waals surface area contributed by atoms with Gasteiger partial charge in [-0.15, -0.1) is 0 Å². The van der Waals surface area contributed by atoms with Crippen LogP contribution in [0.3, 0.4) is 0 Å². The van der Waals surface area contributed by atoms with Gasteiger partial charge in [0.2, 0.25) is 0 Å². The van der Waals surface area contributed by atoms with Gasteiger partial charge in [-0.25, -0.2) is 0 Å². The highest BCUT2D eigenvalue weighted by Gasteiger charge is 2.22. The van der Waals surface area contributed by atoms with Gasteiger partial charge in [-0.2, -0.15) is 5.26 Å². The predicted molar refractivity (Wildman–Crippen MR) is 109 cm³/mol. The lowest BCUT2D eigenvalue weighted by molar-refractivity contribution is 0.415. The molecule has 0 unspecified atom stereocenters. The number of methoxy groups -OCH3 is 1. The van der Waals surface area contributed by atoms with Crippen LogP contribution in [0.1, 0.15) is 18.1 Å². The average molecular weight is 363 g/mol. The van der Waals surface area contributed by atoms with Crippen LogP contribution in [-0.4, -0.2) is 24.5 Å². The van der Waals surface area contributed by atoms with Crippen LogP contribution in [0.25, 0.3) is 22.2 Å². The minimum Gasteiger partial charge on any atom is -0.497 e. The minimum atomic E-state index is 0.740. The molecule has 0 radical (unpaired) electrons. The summed E-state index contributed by atoms with van der Waals surface area (Å²) in [5.41, 5.74) is 6.55. The number of nitriles is 1. The van der Waals surface area contributed by atoms with Crippen molar-refractivity contribution in [2.24, 2.45) is 0 Å². The molecule has 0 aliphatic carbocycles. The molecule has 0 fully saturated rings. The van der Waals surface area contributed by atoms with Gasteiger partial charge in [0.05, 0.1) is 29.6 Å². The molecule has 0 saturated heterocycles. The Morgan fingerprint density at radius 1 is 1.23 bits per heavy atom. The summed E-state index contributed by atoms with van der Waals surface area (Å²) >= 11 is 1.76. The van der Waals surface area contributed by atoms with E-state index in [1.807, 2.05) is 18.2 Å². The fourth-order valence-corrected chi connectivity index (χ4v) is 4.56. The number of anilines is 1. The van der Waals surface area contributed by atoms with E-state index in [0.29, 0.717) is 0 Å². The zero-order chi connectivity index (χ0) is 18.3. The topological polar surface area (TPSA) is 41.2 Å². The Bertz CT molecular complexity index is 1030. The first-order valence-corrected chi connectivity index (χ1v) is 9.95. The highest BCUT2D eigenvalue weighted by molar-refractivity contribution is 8.00. The largest absolute Gasteiger partial charge is 0.497 e. The molecule has 5 heteroatoms. The van der Waals surface area contributed by atoms with Crippen molar-refractivity contribution in [1.29, 1.82) is 5.26 Å². The maximum Gasteiger partial charge on any atom is 0.120 e. The number of hydrogen-bond acceptors (Lipinski definition) is 4. The van der Waals surface area contributed by atoms with E-state index in [4.69, 9.17) is 4.74 Å². The molecule has 1 aliphatic heterocycles. The van der Waals surface area contributed by atoms with Gasteiger partial charge in [-0.05, 0) is 48.7 Å². The van der Waals surface area contributed by atoms with E-state index < -0.39 is 0 Å². The molecule has 1 aromatic heterocycles. The molecule has 0 spiro atoms. The van der Waals surface area contributed by atoms with Crippen molar-refractivity contribution >= 4 is 28.5 Å². The quantitative estimate of drug-likeness (QED) is 0.622. The van der Waals surface area contributed by atoms with Crippen LogP contribution < -0.4 is 9.04 Å². The van der Waals surface area contributed by atoms with Gasteiger partial charge in [0.25, 0.3) is 0 Å². The van der Waals surface area contributed by atoms with E-state index in [9.17, 15) is 5.26 Å². The number of aromatic nitrogens is 1. The molecule has 1 aliphatic rings. The monoisotopic (exact) mass is 363 g/mol. The second-order valence-corrected chi connectivity index (χ2v) is 7.15. The third-order valence-electron chi connectivity index (χ3n) is 5.13. The van der Waals surface area contributed by atoms with Gasteiger partial charge in [-0.1, -0.05) is 18.0 Å². The average Bonchev–Trinajstić information content (AvgIpc) is 3.24. The highest BCUT2D eigenvalue weighted by Crippen LogP contribution is 2.39. The van der Waals surface area contributed by atoms with Crippen molar-refractivity contribution in [1.82, 2.24) is 4.57 Å². The number of ether oxygens (including phenoxy) is 1. The Morgan fingerprint density at radius 2 is 2.08 bits per heavy atom. The first-order valence-electron chi connectivity index (χ1n) is 8.77.